The average Bonchev–Trinajstić information content (AvgIpc) is 2.67. The maximum absolute atomic E-state index is 12.3. The van der Waals surface area contributed by atoms with Gasteiger partial charge >= 0.3 is 5.97 Å². The fraction of sp³-hybridized carbons (Fsp3) is 0.263. The number of esters is 1. The first-order chi connectivity index (χ1) is 12.1. The van der Waals surface area contributed by atoms with Crippen LogP contribution in [-0.4, -0.2) is 39.8 Å². The van der Waals surface area contributed by atoms with E-state index in [4.69, 9.17) is 9.47 Å². The van der Waals surface area contributed by atoms with Gasteiger partial charge in [0.05, 0.1) is 26.9 Å². The summed E-state index contributed by atoms with van der Waals surface area (Å²) in [7, 11) is 4.42. The largest absolute Gasteiger partial charge is 0.497 e. The van der Waals surface area contributed by atoms with Crippen LogP contribution in [0.15, 0.2) is 42.5 Å². The van der Waals surface area contributed by atoms with Gasteiger partial charge in [-0.15, -0.1) is 0 Å². The van der Waals surface area contributed by atoms with Crippen LogP contribution in [0.3, 0.4) is 0 Å². The summed E-state index contributed by atoms with van der Waals surface area (Å²) in [6.07, 6.45) is 0.647. The summed E-state index contributed by atoms with van der Waals surface area (Å²) in [5.74, 6) is 0.543. The molecular weight excluding hydrogens is 322 g/mol. The number of ether oxygens (including phenoxy) is 3. The van der Waals surface area contributed by atoms with Gasteiger partial charge in [-0.3, -0.25) is 4.79 Å². The fourth-order valence-corrected chi connectivity index (χ4v) is 2.29. The van der Waals surface area contributed by atoms with Crippen molar-refractivity contribution < 1.29 is 23.8 Å². The van der Waals surface area contributed by atoms with Crippen molar-refractivity contribution in [3.8, 4) is 11.5 Å². The third kappa shape index (κ3) is 4.97. The molecule has 0 atom stereocenters. The molecule has 0 unspecified atom stereocenters. The molecule has 0 bridgehead atoms. The van der Waals surface area contributed by atoms with Crippen LogP contribution in [-0.2, 0) is 11.2 Å². The van der Waals surface area contributed by atoms with Crippen molar-refractivity contribution in [3.63, 3.8) is 0 Å². The lowest BCUT2D eigenvalue weighted by Crippen LogP contribution is -2.25. The molecule has 0 aliphatic carbocycles. The van der Waals surface area contributed by atoms with Crippen LogP contribution >= 0.6 is 0 Å². The highest BCUT2D eigenvalue weighted by molar-refractivity contribution is 5.95. The molecule has 1 amide bonds. The Labute approximate surface area is 146 Å². The van der Waals surface area contributed by atoms with E-state index in [2.05, 4.69) is 10.1 Å². The Kier molecular flexibility index (Phi) is 6.39. The van der Waals surface area contributed by atoms with E-state index >= 15 is 0 Å². The van der Waals surface area contributed by atoms with Crippen molar-refractivity contribution in [3.05, 3.63) is 59.2 Å². The van der Waals surface area contributed by atoms with E-state index in [1.54, 1.807) is 30.3 Å². The van der Waals surface area contributed by atoms with Crippen molar-refractivity contribution in [1.82, 2.24) is 5.32 Å². The van der Waals surface area contributed by atoms with Crippen molar-refractivity contribution >= 4 is 11.9 Å². The van der Waals surface area contributed by atoms with Crippen molar-refractivity contribution in [2.45, 2.75) is 6.42 Å². The first-order valence-corrected chi connectivity index (χ1v) is 7.76. The van der Waals surface area contributed by atoms with Crippen molar-refractivity contribution in [1.29, 1.82) is 0 Å². The number of hydrogen-bond acceptors (Lipinski definition) is 5. The molecule has 0 aliphatic rings. The number of benzene rings is 2. The second-order valence-electron chi connectivity index (χ2n) is 5.30. The molecule has 2 aromatic rings. The monoisotopic (exact) mass is 343 g/mol. The van der Waals surface area contributed by atoms with Crippen LogP contribution in [0, 0.1) is 0 Å². The van der Waals surface area contributed by atoms with Gasteiger partial charge in [0.25, 0.3) is 5.91 Å². The number of carbonyl (C=O) groups excluding carboxylic acids is 2. The molecule has 25 heavy (non-hydrogen) atoms. The van der Waals surface area contributed by atoms with Crippen LogP contribution < -0.4 is 14.8 Å². The second kappa shape index (κ2) is 8.73. The minimum absolute atomic E-state index is 0.205. The van der Waals surface area contributed by atoms with Gasteiger partial charge in [0.1, 0.15) is 11.5 Å². The summed E-state index contributed by atoms with van der Waals surface area (Å²) >= 11 is 0. The van der Waals surface area contributed by atoms with E-state index in [1.807, 2.05) is 12.1 Å². The molecule has 132 valence electrons. The zero-order valence-corrected chi connectivity index (χ0v) is 14.5. The SMILES string of the molecule is COC(=O)c1ccc(CCNC(=O)c2cc(OC)cc(OC)c2)cc1. The third-order valence-corrected chi connectivity index (χ3v) is 3.69. The van der Waals surface area contributed by atoms with Gasteiger partial charge in [0.2, 0.25) is 0 Å². The molecule has 6 heteroatoms. The molecule has 0 saturated carbocycles. The van der Waals surface area contributed by atoms with E-state index in [9.17, 15) is 9.59 Å². The molecule has 0 heterocycles. The molecule has 0 saturated heterocycles. The lowest BCUT2D eigenvalue weighted by Gasteiger charge is -2.09. The number of nitrogens with one attached hydrogen (secondary N) is 1. The van der Waals surface area contributed by atoms with Crippen LogP contribution in [0.2, 0.25) is 0 Å². The molecular formula is C19H21NO5. The summed E-state index contributed by atoms with van der Waals surface area (Å²) in [5, 5.41) is 2.86. The number of carbonyl (C=O) groups is 2. The Morgan fingerprint density at radius 1 is 0.880 bits per heavy atom. The van der Waals surface area contributed by atoms with Gasteiger partial charge < -0.3 is 19.5 Å². The number of amides is 1. The molecule has 2 rings (SSSR count). The molecule has 0 radical (unpaired) electrons. The van der Waals surface area contributed by atoms with Crippen LogP contribution in [0.4, 0.5) is 0 Å². The smallest absolute Gasteiger partial charge is 0.337 e. The highest BCUT2D eigenvalue weighted by Crippen LogP contribution is 2.22. The summed E-state index contributed by atoms with van der Waals surface area (Å²) in [6.45, 7) is 0.468. The Balaban J connectivity index is 1.93. The van der Waals surface area contributed by atoms with Gasteiger partial charge in [-0.05, 0) is 36.2 Å². The maximum Gasteiger partial charge on any atom is 0.337 e. The van der Waals surface area contributed by atoms with Crippen LogP contribution in [0.25, 0.3) is 0 Å². The number of rotatable bonds is 7. The molecule has 6 nitrogen and oxygen atoms in total. The van der Waals surface area contributed by atoms with Gasteiger partial charge in [-0.2, -0.15) is 0 Å². The Morgan fingerprint density at radius 2 is 1.48 bits per heavy atom. The summed E-state index contributed by atoms with van der Waals surface area (Å²) < 4.78 is 15.0. The number of hydrogen-bond donors (Lipinski definition) is 1. The molecule has 0 aromatic heterocycles. The Hall–Kier alpha value is -3.02. The topological polar surface area (TPSA) is 73.9 Å². The molecule has 0 spiro atoms. The zero-order chi connectivity index (χ0) is 18.2. The summed E-state index contributed by atoms with van der Waals surface area (Å²) in [5.41, 5.74) is 1.98. The van der Waals surface area contributed by atoms with Gasteiger partial charge in [0.15, 0.2) is 0 Å². The first kappa shape index (κ1) is 18.3. The van der Waals surface area contributed by atoms with E-state index in [0.717, 1.165) is 5.56 Å². The Morgan fingerprint density at radius 3 is 2.00 bits per heavy atom. The highest BCUT2D eigenvalue weighted by Gasteiger charge is 2.10. The normalized spacial score (nSPS) is 10.0. The molecule has 1 N–H and O–H groups in total. The highest BCUT2D eigenvalue weighted by atomic mass is 16.5. The maximum atomic E-state index is 12.3. The standard InChI is InChI=1S/C19H21NO5/c1-23-16-10-15(11-17(12-16)24-2)18(21)20-9-8-13-4-6-14(7-5-13)19(22)25-3/h4-7,10-12H,8-9H2,1-3H3,(H,20,21). The lowest BCUT2D eigenvalue weighted by atomic mass is 10.1. The van der Waals surface area contributed by atoms with E-state index in [1.165, 1.54) is 21.3 Å². The van der Waals surface area contributed by atoms with E-state index in [-0.39, 0.29) is 11.9 Å². The van der Waals surface area contributed by atoms with Crippen molar-refractivity contribution in [2.24, 2.45) is 0 Å². The van der Waals surface area contributed by atoms with Crippen LogP contribution in [0.1, 0.15) is 26.3 Å². The molecule has 2 aromatic carbocycles. The molecule has 0 fully saturated rings. The Bertz CT molecular complexity index is 718. The van der Waals surface area contributed by atoms with Crippen molar-refractivity contribution in [2.75, 3.05) is 27.9 Å². The quantitative estimate of drug-likeness (QED) is 0.782. The van der Waals surface area contributed by atoms with E-state index in [0.29, 0.717) is 35.6 Å². The number of methoxy groups -OCH3 is 3. The van der Waals surface area contributed by atoms with Gasteiger partial charge in [-0.25, -0.2) is 4.79 Å². The minimum Gasteiger partial charge on any atom is -0.497 e. The predicted molar refractivity (Wildman–Crippen MR) is 93.4 cm³/mol. The average molecular weight is 343 g/mol. The molecule has 0 aliphatic heterocycles. The second-order valence-corrected chi connectivity index (χ2v) is 5.30. The van der Waals surface area contributed by atoms with Crippen LogP contribution in [0.5, 0.6) is 11.5 Å². The lowest BCUT2D eigenvalue weighted by molar-refractivity contribution is 0.0600. The predicted octanol–water partition coefficient (Wildman–Crippen LogP) is 2.46. The summed E-state index contributed by atoms with van der Waals surface area (Å²) in [4.78, 5) is 23.7. The zero-order valence-electron chi connectivity index (χ0n) is 14.5. The minimum atomic E-state index is -0.369. The first-order valence-electron chi connectivity index (χ1n) is 7.76. The van der Waals surface area contributed by atoms with Gasteiger partial charge in [0, 0.05) is 18.2 Å². The van der Waals surface area contributed by atoms with Gasteiger partial charge in [-0.1, -0.05) is 12.1 Å². The summed E-state index contributed by atoms with van der Waals surface area (Å²) in [6, 6.07) is 12.1. The van der Waals surface area contributed by atoms with E-state index < -0.39 is 0 Å². The third-order valence-electron chi connectivity index (χ3n) is 3.69. The fourth-order valence-electron chi connectivity index (χ4n) is 2.29.